The number of hydrogen-bond acceptors (Lipinski definition) is 3. The van der Waals surface area contributed by atoms with Gasteiger partial charge >= 0.3 is 5.97 Å². The van der Waals surface area contributed by atoms with Crippen molar-refractivity contribution in [3.63, 3.8) is 0 Å². The van der Waals surface area contributed by atoms with Crippen LogP contribution >= 0.6 is 0 Å². The van der Waals surface area contributed by atoms with Crippen molar-refractivity contribution in [1.29, 1.82) is 0 Å². The number of aliphatic carboxylic acids is 1. The van der Waals surface area contributed by atoms with Crippen LogP contribution in [0.5, 0.6) is 5.75 Å². The van der Waals surface area contributed by atoms with E-state index in [0.717, 1.165) is 17.7 Å². The Kier molecular flexibility index (Phi) is 4.61. The van der Waals surface area contributed by atoms with Gasteiger partial charge in [0, 0.05) is 19.5 Å². The zero-order valence-corrected chi connectivity index (χ0v) is 11.5. The molecule has 0 aliphatic carbocycles. The summed E-state index contributed by atoms with van der Waals surface area (Å²) in [6.07, 6.45) is 1.04. The minimum absolute atomic E-state index is 0.0986. The van der Waals surface area contributed by atoms with Crippen molar-refractivity contribution in [3.05, 3.63) is 29.8 Å². The molecule has 0 unspecified atom stereocenters. The van der Waals surface area contributed by atoms with Gasteiger partial charge in [-0.3, -0.25) is 9.59 Å². The molecule has 1 fully saturated rings. The largest absolute Gasteiger partial charge is 0.494 e. The highest BCUT2D eigenvalue weighted by molar-refractivity contribution is 5.86. The fourth-order valence-electron chi connectivity index (χ4n) is 2.26. The average Bonchev–Trinajstić information content (AvgIpc) is 2.79. The van der Waals surface area contributed by atoms with Crippen LogP contribution in [-0.2, 0) is 16.1 Å². The summed E-state index contributed by atoms with van der Waals surface area (Å²) in [4.78, 5) is 24.3. The minimum atomic E-state index is -0.902. The monoisotopic (exact) mass is 277 g/mol. The van der Waals surface area contributed by atoms with Gasteiger partial charge in [0.05, 0.1) is 12.5 Å². The van der Waals surface area contributed by atoms with E-state index in [1.54, 1.807) is 4.90 Å². The van der Waals surface area contributed by atoms with Crippen LogP contribution in [0.15, 0.2) is 24.3 Å². The van der Waals surface area contributed by atoms with Crippen molar-refractivity contribution in [3.8, 4) is 5.75 Å². The molecule has 5 nitrogen and oxygen atoms in total. The van der Waals surface area contributed by atoms with Crippen molar-refractivity contribution in [1.82, 2.24) is 4.90 Å². The van der Waals surface area contributed by atoms with Gasteiger partial charge in [0.25, 0.3) is 0 Å². The number of carboxylic acid groups (broad SMARTS) is 1. The van der Waals surface area contributed by atoms with Gasteiger partial charge in [0.2, 0.25) is 5.91 Å². The predicted octanol–water partition coefficient (Wildman–Crippen LogP) is 1.91. The second-order valence-corrected chi connectivity index (χ2v) is 5.01. The molecular formula is C15H19NO4. The Morgan fingerprint density at radius 3 is 2.95 bits per heavy atom. The molecule has 108 valence electrons. The number of carbonyl (C=O) groups is 2. The maximum absolute atomic E-state index is 11.8. The van der Waals surface area contributed by atoms with Crippen LogP contribution in [0.25, 0.3) is 0 Å². The van der Waals surface area contributed by atoms with Gasteiger partial charge in [-0.1, -0.05) is 19.1 Å². The van der Waals surface area contributed by atoms with Crippen molar-refractivity contribution in [2.45, 2.75) is 26.3 Å². The third-order valence-electron chi connectivity index (χ3n) is 3.31. The molecule has 0 radical (unpaired) electrons. The lowest BCUT2D eigenvalue weighted by atomic mass is 10.1. The molecular weight excluding hydrogens is 258 g/mol. The Labute approximate surface area is 118 Å². The second-order valence-electron chi connectivity index (χ2n) is 5.01. The van der Waals surface area contributed by atoms with Crippen molar-refractivity contribution >= 4 is 11.9 Å². The number of carboxylic acids is 1. The standard InChI is InChI=1S/C15H19NO4/c1-2-6-20-13-5-3-4-11(7-13)9-16-10-12(15(18)19)8-14(16)17/h3-5,7,12H,2,6,8-10H2,1H3,(H,18,19)/t12-/m1/s1. The van der Waals surface area contributed by atoms with Gasteiger partial charge < -0.3 is 14.7 Å². The fourth-order valence-corrected chi connectivity index (χ4v) is 2.26. The molecule has 1 N–H and O–H groups in total. The van der Waals surface area contributed by atoms with Crippen molar-refractivity contribution in [2.75, 3.05) is 13.2 Å². The Morgan fingerprint density at radius 1 is 1.50 bits per heavy atom. The molecule has 2 rings (SSSR count). The van der Waals surface area contributed by atoms with Gasteiger partial charge in [0.1, 0.15) is 5.75 Å². The topological polar surface area (TPSA) is 66.8 Å². The van der Waals surface area contributed by atoms with E-state index in [1.807, 2.05) is 31.2 Å². The molecule has 1 aromatic carbocycles. The van der Waals surface area contributed by atoms with E-state index >= 15 is 0 Å². The molecule has 1 atom stereocenters. The Hall–Kier alpha value is -2.04. The number of nitrogens with zero attached hydrogens (tertiary/aromatic N) is 1. The van der Waals surface area contributed by atoms with Crippen LogP contribution in [-0.4, -0.2) is 35.0 Å². The first-order chi connectivity index (χ1) is 9.60. The number of ether oxygens (including phenoxy) is 1. The van der Waals surface area contributed by atoms with Gasteiger partial charge in [-0.2, -0.15) is 0 Å². The van der Waals surface area contributed by atoms with Crippen molar-refractivity contribution in [2.24, 2.45) is 5.92 Å². The third-order valence-corrected chi connectivity index (χ3v) is 3.31. The third kappa shape index (κ3) is 3.50. The number of hydrogen-bond donors (Lipinski definition) is 1. The summed E-state index contributed by atoms with van der Waals surface area (Å²) in [6.45, 7) is 3.42. The summed E-state index contributed by atoms with van der Waals surface area (Å²) >= 11 is 0. The predicted molar refractivity (Wildman–Crippen MR) is 73.4 cm³/mol. The Balaban J connectivity index is 1.99. The van der Waals surface area contributed by atoms with E-state index in [0.29, 0.717) is 13.2 Å². The highest BCUT2D eigenvalue weighted by Gasteiger charge is 2.34. The Morgan fingerprint density at radius 2 is 2.30 bits per heavy atom. The quantitative estimate of drug-likeness (QED) is 0.862. The number of rotatable bonds is 6. The summed E-state index contributed by atoms with van der Waals surface area (Å²) in [5.74, 6) is -0.800. The van der Waals surface area contributed by atoms with E-state index in [9.17, 15) is 9.59 Å². The maximum Gasteiger partial charge on any atom is 0.308 e. The lowest BCUT2D eigenvalue weighted by Crippen LogP contribution is -2.25. The van der Waals surface area contributed by atoms with Crippen LogP contribution in [0.1, 0.15) is 25.3 Å². The maximum atomic E-state index is 11.8. The first kappa shape index (κ1) is 14.4. The smallest absolute Gasteiger partial charge is 0.308 e. The molecule has 0 bridgehead atoms. The van der Waals surface area contributed by atoms with Crippen molar-refractivity contribution < 1.29 is 19.4 Å². The summed E-state index contributed by atoms with van der Waals surface area (Å²) in [5, 5.41) is 8.96. The summed E-state index contributed by atoms with van der Waals surface area (Å²) in [7, 11) is 0. The van der Waals surface area contributed by atoms with Gasteiger partial charge in [0.15, 0.2) is 0 Å². The number of likely N-dealkylation sites (tertiary alicyclic amines) is 1. The van der Waals surface area contributed by atoms with E-state index in [4.69, 9.17) is 9.84 Å². The van der Waals surface area contributed by atoms with Crippen LogP contribution in [0.4, 0.5) is 0 Å². The highest BCUT2D eigenvalue weighted by atomic mass is 16.5. The zero-order valence-electron chi connectivity index (χ0n) is 11.5. The first-order valence-electron chi connectivity index (χ1n) is 6.82. The molecule has 1 saturated heterocycles. The van der Waals surface area contributed by atoms with E-state index in [1.165, 1.54) is 0 Å². The van der Waals surface area contributed by atoms with Crippen LogP contribution in [0.3, 0.4) is 0 Å². The molecule has 5 heteroatoms. The van der Waals surface area contributed by atoms with E-state index < -0.39 is 11.9 Å². The second kappa shape index (κ2) is 6.41. The van der Waals surface area contributed by atoms with Gasteiger partial charge in [-0.05, 0) is 24.1 Å². The SMILES string of the molecule is CCCOc1cccc(CN2C[C@H](C(=O)O)CC2=O)c1. The summed E-state index contributed by atoms with van der Waals surface area (Å²) in [6, 6.07) is 7.58. The molecule has 1 aliphatic rings. The fraction of sp³-hybridized carbons (Fsp3) is 0.467. The molecule has 1 amide bonds. The number of benzene rings is 1. The van der Waals surface area contributed by atoms with Crippen LogP contribution in [0, 0.1) is 5.92 Å². The molecule has 0 aromatic heterocycles. The summed E-state index contributed by atoms with van der Waals surface area (Å²) in [5.41, 5.74) is 0.956. The lowest BCUT2D eigenvalue weighted by Gasteiger charge is -2.16. The van der Waals surface area contributed by atoms with Gasteiger partial charge in [-0.15, -0.1) is 0 Å². The van der Waals surface area contributed by atoms with Gasteiger partial charge in [-0.25, -0.2) is 0 Å². The molecule has 20 heavy (non-hydrogen) atoms. The first-order valence-corrected chi connectivity index (χ1v) is 6.82. The lowest BCUT2D eigenvalue weighted by molar-refractivity contribution is -0.141. The minimum Gasteiger partial charge on any atom is -0.494 e. The average molecular weight is 277 g/mol. The number of carbonyl (C=O) groups excluding carboxylic acids is 1. The summed E-state index contributed by atoms with van der Waals surface area (Å²) < 4.78 is 5.55. The number of amides is 1. The van der Waals surface area contributed by atoms with Crippen LogP contribution in [0.2, 0.25) is 0 Å². The van der Waals surface area contributed by atoms with E-state index in [2.05, 4.69) is 0 Å². The van der Waals surface area contributed by atoms with E-state index in [-0.39, 0.29) is 18.9 Å². The molecule has 1 aliphatic heterocycles. The normalized spacial score (nSPS) is 18.4. The van der Waals surface area contributed by atoms with Crippen LogP contribution < -0.4 is 4.74 Å². The Bertz CT molecular complexity index is 500. The molecule has 1 aromatic rings. The molecule has 0 spiro atoms. The molecule has 1 heterocycles. The zero-order chi connectivity index (χ0) is 14.5. The molecule has 0 saturated carbocycles. The highest BCUT2D eigenvalue weighted by Crippen LogP contribution is 2.22.